The first kappa shape index (κ1) is 18.4. The molecular formula is C22H24N4O2. The van der Waals surface area contributed by atoms with Crippen LogP contribution < -0.4 is 4.74 Å². The van der Waals surface area contributed by atoms with E-state index in [-0.39, 0.29) is 12.3 Å². The summed E-state index contributed by atoms with van der Waals surface area (Å²) in [6, 6.07) is 12.0. The van der Waals surface area contributed by atoms with Crippen molar-refractivity contribution in [3.63, 3.8) is 0 Å². The van der Waals surface area contributed by atoms with Gasteiger partial charge in [-0.15, -0.1) is 0 Å². The Morgan fingerprint density at radius 1 is 1.11 bits per heavy atom. The van der Waals surface area contributed by atoms with Gasteiger partial charge in [-0.1, -0.05) is 13.0 Å². The fraction of sp³-hybridized carbons (Fsp3) is 0.318. The summed E-state index contributed by atoms with van der Waals surface area (Å²) in [6.07, 6.45) is 6.05. The molecule has 0 aliphatic rings. The number of rotatable bonds is 7. The van der Waals surface area contributed by atoms with Gasteiger partial charge in [0, 0.05) is 29.2 Å². The zero-order valence-corrected chi connectivity index (χ0v) is 16.4. The standard InChI is InChI=1S/C22H24N4O2/c1-4-21(26-11-9-19-16(3)24-14-25-22(19)26)28-15(2)13-27-18-8-7-17-6-5-10-23-20(17)12-18/h5-12,14-15,21H,4,13H2,1-3H3. The molecule has 4 rings (SSSR count). The summed E-state index contributed by atoms with van der Waals surface area (Å²) in [5.74, 6) is 0.796. The van der Waals surface area contributed by atoms with Crippen LogP contribution >= 0.6 is 0 Å². The molecule has 0 radical (unpaired) electrons. The summed E-state index contributed by atoms with van der Waals surface area (Å²) >= 11 is 0. The number of benzene rings is 1. The maximum Gasteiger partial charge on any atom is 0.145 e. The molecule has 0 aliphatic carbocycles. The molecule has 0 aliphatic heterocycles. The Bertz CT molecular complexity index is 1090. The average molecular weight is 376 g/mol. The van der Waals surface area contributed by atoms with Crippen molar-refractivity contribution >= 4 is 21.9 Å². The van der Waals surface area contributed by atoms with Crippen LogP contribution in [0.4, 0.5) is 0 Å². The summed E-state index contributed by atoms with van der Waals surface area (Å²) in [7, 11) is 0. The Balaban J connectivity index is 1.43. The van der Waals surface area contributed by atoms with Gasteiger partial charge in [0.2, 0.25) is 0 Å². The Kier molecular flexibility index (Phi) is 5.21. The summed E-state index contributed by atoms with van der Waals surface area (Å²) in [5.41, 5.74) is 2.79. The molecule has 0 N–H and O–H groups in total. The zero-order chi connectivity index (χ0) is 19.5. The number of hydrogen-bond acceptors (Lipinski definition) is 5. The highest BCUT2D eigenvalue weighted by Crippen LogP contribution is 2.24. The van der Waals surface area contributed by atoms with Crippen LogP contribution in [0.15, 0.2) is 55.1 Å². The third kappa shape index (κ3) is 3.68. The molecular weight excluding hydrogens is 352 g/mol. The molecule has 6 heteroatoms. The van der Waals surface area contributed by atoms with Gasteiger partial charge in [0.05, 0.1) is 17.3 Å². The molecule has 4 aromatic rings. The van der Waals surface area contributed by atoms with Crippen molar-refractivity contribution in [1.82, 2.24) is 19.5 Å². The number of pyridine rings is 1. The van der Waals surface area contributed by atoms with Gasteiger partial charge in [-0.3, -0.25) is 4.98 Å². The minimum atomic E-state index is -0.108. The third-order valence-corrected chi connectivity index (χ3v) is 4.82. The van der Waals surface area contributed by atoms with Crippen molar-refractivity contribution in [3.05, 3.63) is 60.8 Å². The van der Waals surface area contributed by atoms with E-state index in [0.29, 0.717) is 6.61 Å². The first-order chi connectivity index (χ1) is 13.7. The van der Waals surface area contributed by atoms with E-state index in [9.17, 15) is 0 Å². The second-order valence-corrected chi connectivity index (χ2v) is 6.90. The van der Waals surface area contributed by atoms with E-state index in [1.54, 1.807) is 12.5 Å². The SMILES string of the molecule is CCC(OC(C)COc1ccc2cccnc2c1)n1ccc2c(C)ncnc21. The predicted octanol–water partition coefficient (Wildman–Crippen LogP) is 4.68. The number of hydrogen-bond donors (Lipinski definition) is 0. The Hall–Kier alpha value is -2.99. The van der Waals surface area contributed by atoms with Gasteiger partial charge in [-0.25, -0.2) is 9.97 Å². The fourth-order valence-electron chi connectivity index (χ4n) is 3.35. The van der Waals surface area contributed by atoms with Gasteiger partial charge in [0.1, 0.15) is 30.6 Å². The molecule has 0 amide bonds. The third-order valence-electron chi connectivity index (χ3n) is 4.82. The summed E-state index contributed by atoms with van der Waals surface area (Å²) in [4.78, 5) is 13.1. The van der Waals surface area contributed by atoms with Gasteiger partial charge >= 0.3 is 0 Å². The van der Waals surface area contributed by atoms with Crippen molar-refractivity contribution in [2.75, 3.05) is 6.61 Å². The maximum atomic E-state index is 6.26. The van der Waals surface area contributed by atoms with Gasteiger partial charge in [-0.05, 0) is 44.5 Å². The van der Waals surface area contributed by atoms with Crippen LogP contribution in [0.3, 0.4) is 0 Å². The second kappa shape index (κ2) is 7.94. The van der Waals surface area contributed by atoms with Crippen LogP contribution in [0.25, 0.3) is 21.9 Å². The Labute approximate surface area is 164 Å². The number of nitrogens with zero attached hydrogens (tertiary/aromatic N) is 4. The molecule has 0 spiro atoms. The van der Waals surface area contributed by atoms with Gasteiger partial charge in [-0.2, -0.15) is 0 Å². The fourth-order valence-corrected chi connectivity index (χ4v) is 3.35. The van der Waals surface area contributed by atoms with Gasteiger partial charge < -0.3 is 14.0 Å². The summed E-state index contributed by atoms with van der Waals surface area (Å²) in [5, 5.41) is 2.15. The van der Waals surface area contributed by atoms with Crippen LogP contribution in [0.2, 0.25) is 0 Å². The van der Waals surface area contributed by atoms with Crippen molar-refractivity contribution in [2.24, 2.45) is 0 Å². The molecule has 0 bridgehead atoms. The molecule has 6 nitrogen and oxygen atoms in total. The molecule has 28 heavy (non-hydrogen) atoms. The van der Waals surface area contributed by atoms with Crippen molar-refractivity contribution in [2.45, 2.75) is 39.5 Å². The molecule has 3 heterocycles. The van der Waals surface area contributed by atoms with Crippen molar-refractivity contribution < 1.29 is 9.47 Å². The normalized spacial score (nSPS) is 13.7. The predicted molar refractivity (Wildman–Crippen MR) is 109 cm³/mol. The highest BCUT2D eigenvalue weighted by molar-refractivity contribution is 5.79. The molecule has 0 fully saturated rings. The van der Waals surface area contributed by atoms with E-state index >= 15 is 0 Å². The van der Waals surface area contributed by atoms with Crippen molar-refractivity contribution in [3.8, 4) is 5.75 Å². The average Bonchev–Trinajstić information content (AvgIpc) is 3.15. The summed E-state index contributed by atoms with van der Waals surface area (Å²) < 4.78 is 14.3. The van der Waals surface area contributed by atoms with E-state index in [2.05, 4.69) is 26.4 Å². The molecule has 2 atom stereocenters. The number of fused-ring (bicyclic) bond motifs is 2. The van der Waals surface area contributed by atoms with E-state index in [0.717, 1.165) is 39.8 Å². The molecule has 2 unspecified atom stereocenters. The minimum absolute atomic E-state index is 0.0789. The molecule has 0 saturated carbocycles. The van der Waals surface area contributed by atoms with E-state index in [1.807, 2.05) is 56.4 Å². The van der Waals surface area contributed by atoms with E-state index in [4.69, 9.17) is 9.47 Å². The molecule has 1 aromatic carbocycles. The van der Waals surface area contributed by atoms with Gasteiger partial charge in [0.15, 0.2) is 0 Å². The monoisotopic (exact) mass is 376 g/mol. The van der Waals surface area contributed by atoms with Crippen LogP contribution in [0.5, 0.6) is 5.75 Å². The largest absolute Gasteiger partial charge is 0.491 e. The lowest BCUT2D eigenvalue weighted by Gasteiger charge is -2.23. The topological polar surface area (TPSA) is 62.1 Å². The molecule has 144 valence electrons. The molecule has 0 saturated heterocycles. The lowest BCUT2D eigenvalue weighted by molar-refractivity contribution is -0.0615. The number of aromatic nitrogens is 4. The first-order valence-electron chi connectivity index (χ1n) is 9.57. The van der Waals surface area contributed by atoms with Crippen molar-refractivity contribution in [1.29, 1.82) is 0 Å². The highest BCUT2D eigenvalue weighted by atomic mass is 16.5. The van der Waals surface area contributed by atoms with Crippen LogP contribution in [0.1, 0.15) is 32.2 Å². The quantitative estimate of drug-likeness (QED) is 0.469. The Morgan fingerprint density at radius 2 is 2.00 bits per heavy atom. The lowest BCUT2D eigenvalue weighted by atomic mass is 10.2. The van der Waals surface area contributed by atoms with Gasteiger partial charge in [0.25, 0.3) is 0 Å². The highest BCUT2D eigenvalue weighted by Gasteiger charge is 2.17. The minimum Gasteiger partial charge on any atom is -0.491 e. The lowest BCUT2D eigenvalue weighted by Crippen LogP contribution is -2.23. The van der Waals surface area contributed by atoms with Crippen LogP contribution in [0, 0.1) is 6.92 Å². The smallest absolute Gasteiger partial charge is 0.145 e. The van der Waals surface area contributed by atoms with Crippen LogP contribution in [-0.4, -0.2) is 32.2 Å². The first-order valence-corrected chi connectivity index (χ1v) is 9.57. The number of ether oxygens (including phenoxy) is 2. The van der Waals surface area contributed by atoms with E-state index in [1.165, 1.54) is 0 Å². The maximum absolute atomic E-state index is 6.26. The zero-order valence-electron chi connectivity index (χ0n) is 16.4. The van der Waals surface area contributed by atoms with Crippen LogP contribution in [-0.2, 0) is 4.74 Å². The molecule has 3 aromatic heterocycles. The Morgan fingerprint density at radius 3 is 2.86 bits per heavy atom. The van der Waals surface area contributed by atoms with E-state index < -0.39 is 0 Å². The number of aryl methyl sites for hydroxylation is 1. The summed E-state index contributed by atoms with van der Waals surface area (Å²) in [6.45, 7) is 6.58. The second-order valence-electron chi connectivity index (χ2n) is 6.90.